The van der Waals surface area contributed by atoms with Crippen LogP contribution in [0.3, 0.4) is 0 Å². The third kappa shape index (κ3) is 19.3. The molecule has 8 nitrogen and oxygen atoms in total. The zero-order valence-electron chi connectivity index (χ0n) is 24.9. The molecule has 0 N–H and O–H groups in total. The minimum absolute atomic E-state index is 0.441. The number of aldehydes is 1. The van der Waals surface area contributed by atoms with Crippen molar-refractivity contribution >= 4 is 6.29 Å². The number of aryl methyl sites for hydroxylation is 1. The second-order valence-corrected chi connectivity index (χ2v) is 9.61. The summed E-state index contributed by atoms with van der Waals surface area (Å²) in [5.41, 5.74) is 2.00. The van der Waals surface area contributed by atoms with E-state index in [2.05, 4.69) is 19.1 Å². The van der Waals surface area contributed by atoms with E-state index in [9.17, 15) is 4.79 Å². The second kappa shape index (κ2) is 25.2. The molecule has 2 rings (SSSR count). The molecule has 0 radical (unpaired) electrons. The average Bonchev–Trinajstić information content (AvgIpc) is 3.01. The van der Waals surface area contributed by atoms with E-state index in [-0.39, 0.29) is 0 Å². The maximum absolute atomic E-state index is 10.6. The van der Waals surface area contributed by atoms with Crippen molar-refractivity contribution in [3.05, 3.63) is 59.7 Å². The molecule has 2 aromatic rings. The Hall–Kier alpha value is -2.49. The van der Waals surface area contributed by atoms with Gasteiger partial charge in [0.1, 0.15) is 31.0 Å². The molecule has 0 fully saturated rings. The Morgan fingerprint density at radius 2 is 0.878 bits per heavy atom. The molecule has 0 heterocycles. The van der Waals surface area contributed by atoms with Gasteiger partial charge in [0.15, 0.2) is 0 Å². The highest BCUT2D eigenvalue weighted by molar-refractivity contribution is 5.74. The summed E-state index contributed by atoms with van der Waals surface area (Å²) in [6.07, 6.45) is 9.90. The van der Waals surface area contributed by atoms with Gasteiger partial charge in [-0.2, -0.15) is 0 Å². The highest BCUT2D eigenvalue weighted by atomic mass is 16.6. The zero-order chi connectivity index (χ0) is 29.1. The molecule has 0 atom stereocenters. The van der Waals surface area contributed by atoms with Crippen LogP contribution in [0, 0.1) is 0 Å². The summed E-state index contributed by atoms with van der Waals surface area (Å²) in [5, 5.41) is 0. The Morgan fingerprint density at radius 1 is 0.488 bits per heavy atom. The summed E-state index contributed by atoms with van der Waals surface area (Å²) in [6, 6.07) is 15.4. The van der Waals surface area contributed by atoms with Crippen LogP contribution in [0.15, 0.2) is 48.5 Å². The van der Waals surface area contributed by atoms with Gasteiger partial charge in [0.05, 0.1) is 66.1 Å². The van der Waals surface area contributed by atoms with Crippen LogP contribution in [-0.4, -0.2) is 85.6 Å². The molecular formula is C33H50O8. The van der Waals surface area contributed by atoms with Crippen molar-refractivity contribution in [1.82, 2.24) is 0 Å². The number of unbranched alkanes of at least 4 members (excludes halogenated alkanes) is 5. The molecule has 0 saturated carbocycles. The van der Waals surface area contributed by atoms with Gasteiger partial charge in [0.25, 0.3) is 0 Å². The van der Waals surface area contributed by atoms with Crippen LogP contribution >= 0.6 is 0 Å². The van der Waals surface area contributed by atoms with Gasteiger partial charge >= 0.3 is 0 Å². The van der Waals surface area contributed by atoms with Crippen LogP contribution < -0.4 is 9.47 Å². The smallest absolute Gasteiger partial charge is 0.150 e. The van der Waals surface area contributed by atoms with E-state index in [0.717, 1.165) is 18.5 Å². The topological polar surface area (TPSA) is 81.7 Å². The lowest BCUT2D eigenvalue weighted by Crippen LogP contribution is -2.15. The maximum atomic E-state index is 10.6. The maximum Gasteiger partial charge on any atom is 0.150 e. The molecule has 41 heavy (non-hydrogen) atoms. The standard InChI is InChI=1S/C33H50O8/c1-2-3-4-5-6-7-8-30-9-13-32(14-10-30)40-27-25-38-23-21-36-19-17-35-18-20-37-22-24-39-26-28-41-33-15-11-31(29-34)12-16-33/h9-16,29H,2-8,17-28H2,1H3. The molecule has 0 saturated heterocycles. The molecule has 0 unspecified atom stereocenters. The molecule has 0 aliphatic heterocycles. The summed E-state index contributed by atoms with van der Waals surface area (Å²) in [7, 11) is 0. The van der Waals surface area contributed by atoms with Crippen molar-refractivity contribution in [3.8, 4) is 11.5 Å². The summed E-state index contributed by atoms with van der Waals surface area (Å²) in [4.78, 5) is 10.6. The largest absolute Gasteiger partial charge is 0.491 e. The average molecular weight is 575 g/mol. The van der Waals surface area contributed by atoms with E-state index in [1.165, 1.54) is 44.1 Å². The Bertz CT molecular complexity index is 857. The summed E-state index contributed by atoms with van der Waals surface area (Å²) >= 11 is 0. The van der Waals surface area contributed by atoms with E-state index in [1.54, 1.807) is 24.3 Å². The lowest BCUT2D eigenvalue weighted by Gasteiger charge is -2.09. The number of rotatable bonds is 28. The number of hydrogen-bond acceptors (Lipinski definition) is 8. The second-order valence-electron chi connectivity index (χ2n) is 9.61. The Labute approximate surface area is 246 Å². The highest BCUT2D eigenvalue weighted by Gasteiger charge is 1.99. The lowest BCUT2D eigenvalue weighted by molar-refractivity contribution is -0.0141. The van der Waals surface area contributed by atoms with Gasteiger partial charge in [-0.1, -0.05) is 51.2 Å². The van der Waals surface area contributed by atoms with Gasteiger partial charge in [-0.05, 0) is 54.8 Å². The highest BCUT2D eigenvalue weighted by Crippen LogP contribution is 2.15. The van der Waals surface area contributed by atoms with Crippen molar-refractivity contribution in [3.63, 3.8) is 0 Å². The molecule has 0 aromatic heterocycles. The van der Waals surface area contributed by atoms with Gasteiger partial charge in [0, 0.05) is 5.56 Å². The number of carbonyl (C=O) groups is 1. The third-order valence-corrected chi connectivity index (χ3v) is 6.24. The first kappa shape index (κ1) is 34.7. The van der Waals surface area contributed by atoms with Gasteiger partial charge in [0.2, 0.25) is 0 Å². The Morgan fingerprint density at radius 3 is 1.32 bits per heavy atom. The number of hydrogen-bond donors (Lipinski definition) is 0. The van der Waals surface area contributed by atoms with Crippen molar-refractivity contribution in [2.75, 3.05) is 79.3 Å². The van der Waals surface area contributed by atoms with E-state index in [1.807, 2.05) is 12.1 Å². The van der Waals surface area contributed by atoms with E-state index >= 15 is 0 Å². The lowest BCUT2D eigenvalue weighted by atomic mass is 10.0. The number of ether oxygens (including phenoxy) is 7. The minimum atomic E-state index is 0.441. The molecule has 8 heteroatoms. The van der Waals surface area contributed by atoms with Gasteiger partial charge < -0.3 is 33.2 Å². The first-order chi connectivity index (χ1) is 20.3. The first-order valence-electron chi connectivity index (χ1n) is 15.1. The van der Waals surface area contributed by atoms with Gasteiger partial charge in [-0.25, -0.2) is 0 Å². The van der Waals surface area contributed by atoms with Crippen LogP contribution in [0.2, 0.25) is 0 Å². The van der Waals surface area contributed by atoms with Gasteiger partial charge in [-0.15, -0.1) is 0 Å². The molecule has 0 amide bonds. The fourth-order valence-electron chi connectivity index (χ4n) is 3.92. The fraction of sp³-hybridized carbons (Fsp3) is 0.606. The fourth-order valence-corrected chi connectivity index (χ4v) is 3.92. The molecule has 230 valence electrons. The molecular weight excluding hydrogens is 524 g/mol. The number of benzene rings is 2. The molecule has 0 aliphatic carbocycles. The summed E-state index contributed by atoms with van der Waals surface area (Å²) in [6.45, 7) is 8.32. The molecule has 0 bridgehead atoms. The third-order valence-electron chi connectivity index (χ3n) is 6.24. The Kier molecular flexibility index (Phi) is 21.4. The van der Waals surface area contributed by atoms with E-state index < -0.39 is 0 Å². The minimum Gasteiger partial charge on any atom is -0.491 e. The first-order valence-corrected chi connectivity index (χ1v) is 15.1. The van der Waals surface area contributed by atoms with Crippen molar-refractivity contribution in [2.24, 2.45) is 0 Å². The van der Waals surface area contributed by atoms with Crippen molar-refractivity contribution < 1.29 is 38.0 Å². The summed E-state index contributed by atoms with van der Waals surface area (Å²) in [5.74, 6) is 1.60. The van der Waals surface area contributed by atoms with Crippen molar-refractivity contribution in [2.45, 2.75) is 51.9 Å². The quantitative estimate of drug-likeness (QED) is 0.0912. The van der Waals surface area contributed by atoms with Crippen LogP contribution in [0.1, 0.15) is 61.4 Å². The van der Waals surface area contributed by atoms with Gasteiger partial charge in [-0.3, -0.25) is 4.79 Å². The van der Waals surface area contributed by atoms with E-state index in [4.69, 9.17) is 33.2 Å². The SMILES string of the molecule is CCCCCCCCc1ccc(OCCOCCOCCOCCOCCOCCOc2ccc(C=O)cc2)cc1. The van der Waals surface area contributed by atoms with Crippen LogP contribution in [0.4, 0.5) is 0 Å². The van der Waals surface area contributed by atoms with Crippen LogP contribution in [-0.2, 0) is 30.1 Å². The summed E-state index contributed by atoms with van der Waals surface area (Å²) < 4.78 is 38.8. The van der Waals surface area contributed by atoms with Crippen molar-refractivity contribution in [1.29, 1.82) is 0 Å². The normalized spacial score (nSPS) is 11.0. The van der Waals surface area contributed by atoms with Crippen LogP contribution in [0.5, 0.6) is 11.5 Å². The van der Waals surface area contributed by atoms with E-state index in [0.29, 0.717) is 90.6 Å². The predicted octanol–water partition coefficient (Wildman–Crippen LogP) is 5.94. The predicted molar refractivity (Wildman–Crippen MR) is 160 cm³/mol. The molecule has 2 aromatic carbocycles. The number of carbonyl (C=O) groups excluding carboxylic acids is 1. The molecule has 0 aliphatic rings. The monoisotopic (exact) mass is 574 g/mol. The zero-order valence-corrected chi connectivity index (χ0v) is 24.9. The Balaban J connectivity index is 1.26. The van der Waals surface area contributed by atoms with Crippen LogP contribution in [0.25, 0.3) is 0 Å². The molecule has 0 spiro atoms.